The number of halogens is 2. The Labute approximate surface area is 223 Å². The lowest BCUT2D eigenvalue weighted by molar-refractivity contribution is -0.631. The van der Waals surface area contributed by atoms with Gasteiger partial charge in [-0.05, 0) is 42.8 Å². The van der Waals surface area contributed by atoms with Crippen LogP contribution in [0.3, 0.4) is 0 Å². The number of aromatic nitrogens is 3. The zero-order chi connectivity index (χ0) is 26.1. The largest absolute Gasteiger partial charge is 0.365 e. The Bertz CT molecular complexity index is 1620. The molecule has 0 aliphatic carbocycles. The molecule has 0 saturated carbocycles. The fourth-order valence-corrected chi connectivity index (χ4v) is 6.05. The minimum Gasteiger partial charge on any atom is -0.365 e. The minimum atomic E-state index is -3.76. The summed E-state index contributed by atoms with van der Waals surface area (Å²) in [6.07, 6.45) is 5.19. The molecule has 0 fully saturated rings. The van der Waals surface area contributed by atoms with E-state index in [0.29, 0.717) is 23.8 Å². The van der Waals surface area contributed by atoms with Crippen molar-refractivity contribution in [1.82, 2.24) is 14.0 Å². The minimum absolute atomic E-state index is 0.0392. The average Bonchev–Trinajstić information content (AvgIpc) is 3.22. The van der Waals surface area contributed by atoms with Crippen molar-refractivity contribution in [2.45, 2.75) is 16.2 Å². The van der Waals surface area contributed by atoms with Gasteiger partial charge in [-0.1, -0.05) is 29.8 Å². The molecule has 0 amide bonds. The van der Waals surface area contributed by atoms with Gasteiger partial charge in [0.2, 0.25) is 20.8 Å². The highest BCUT2D eigenvalue weighted by molar-refractivity contribution is 9.10. The summed E-state index contributed by atoms with van der Waals surface area (Å²) in [5.74, 6) is 0.708. The maximum Gasteiger partial charge on any atom is 0.242 e. The van der Waals surface area contributed by atoms with Crippen LogP contribution in [-0.4, -0.2) is 57.3 Å². The number of rotatable bonds is 9. The van der Waals surface area contributed by atoms with Crippen LogP contribution in [0.25, 0.3) is 11.1 Å². The molecule has 0 saturated heterocycles. The Kier molecular flexibility index (Phi) is 7.72. The van der Waals surface area contributed by atoms with Crippen LogP contribution in [0.5, 0.6) is 0 Å². The number of sulfonamides is 1. The van der Waals surface area contributed by atoms with Gasteiger partial charge >= 0.3 is 0 Å². The number of sulfone groups is 1. The highest BCUT2D eigenvalue weighted by atomic mass is 79.9. The van der Waals surface area contributed by atoms with Gasteiger partial charge in [-0.25, -0.2) is 21.1 Å². The van der Waals surface area contributed by atoms with E-state index in [1.807, 2.05) is 41.0 Å². The summed E-state index contributed by atoms with van der Waals surface area (Å²) >= 11 is 9.90. The molecule has 2 aromatic carbocycles. The molecule has 0 atom stereocenters. The number of nitrogens with zero attached hydrogens (tertiary/aromatic N) is 4. The Morgan fingerprint density at radius 3 is 2.42 bits per heavy atom. The third-order valence-corrected chi connectivity index (χ3v) is 9.46. The van der Waals surface area contributed by atoms with Crippen LogP contribution in [0.1, 0.15) is 6.42 Å². The highest BCUT2D eigenvalue weighted by Crippen LogP contribution is 2.28. The third-order valence-electron chi connectivity index (χ3n) is 5.57. The molecule has 0 radical (unpaired) electrons. The van der Waals surface area contributed by atoms with E-state index < -0.39 is 19.9 Å². The van der Waals surface area contributed by atoms with Gasteiger partial charge < -0.3 is 5.32 Å². The number of benzene rings is 2. The summed E-state index contributed by atoms with van der Waals surface area (Å²) in [6, 6.07) is 14.7. The molecule has 0 bridgehead atoms. The molecule has 13 heteroatoms. The fraction of sp³-hybridized carbons (Fsp3) is 0.217. The average molecular weight is 614 g/mol. The van der Waals surface area contributed by atoms with Gasteiger partial charge in [0.05, 0.1) is 9.79 Å². The van der Waals surface area contributed by atoms with E-state index in [0.717, 1.165) is 22.0 Å². The third kappa shape index (κ3) is 5.57. The molecule has 2 aromatic heterocycles. The second kappa shape index (κ2) is 10.5. The predicted octanol–water partition coefficient (Wildman–Crippen LogP) is 3.53. The topological polar surface area (TPSA) is 105 Å². The molecule has 0 aliphatic rings. The molecular formula is C23H24BrClN5O4S2+. The van der Waals surface area contributed by atoms with Gasteiger partial charge in [0.25, 0.3) is 0 Å². The number of hydrogen-bond acceptors (Lipinski definition) is 6. The number of anilines is 1. The molecule has 0 unspecified atom stereocenters. The summed E-state index contributed by atoms with van der Waals surface area (Å²) < 4.78 is 54.6. The van der Waals surface area contributed by atoms with Crippen LogP contribution in [0.2, 0.25) is 5.02 Å². The summed E-state index contributed by atoms with van der Waals surface area (Å²) in [4.78, 5) is 0.110. The molecule has 4 rings (SSSR count). The van der Waals surface area contributed by atoms with Crippen molar-refractivity contribution in [2.75, 3.05) is 31.7 Å². The van der Waals surface area contributed by atoms with Crippen LogP contribution in [0, 0.1) is 0 Å². The highest BCUT2D eigenvalue weighted by Gasteiger charge is 2.22. The van der Waals surface area contributed by atoms with Gasteiger partial charge in [0.1, 0.15) is 6.20 Å². The van der Waals surface area contributed by atoms with Crippen molar-refractivity contribution >= 4 is 53.2 Å². The second-order valence-electron chi connectivity index (χ2n) is 8.15. The van der Waals surface area contributed by atoms with Crippen LogP contribution in [0.4, 0.5) is 5.82 Å². The molecule has 9 nitrogen and oxygen atoms in total. The quantitative estimate of drug-likeness (QED) is 0.229. The molecule has 190 valence electrons. The number of fused-ring (bicyclic) bond motifs is 1. The van der Waals surface area contributed by atoms with Crippen molar-refractivity contribution < 1.29 is 21.4 Å². The Balaban J connectivity index is 1.46. The van der Waals surface area contributed by atoms with Gasteiger partial charge in [0, 0.05) is 68.2 Å². The lowest BCUT2D eigenvalue weighted by Crippen LogP contribution is -2.32. The standard InChI is InChI=1S/C23H24BrClN5O4S2/c1-28(36(33,34)19-10-8-18(9-11-19)35(2,31)32)13-5-12-26-23-14-17(20-6-3-4-7-21(20)25)16-29-22(24)15-27-30(23)29/h3-4,6-11,14-16,26H,5,12-13H2,1-2H3/q+1. The zero-order valence-corrected chi connectivity index (χ0v) is 23.4. The first kappa shape index (κ1) is 26.6. The van der Waals surface area contributed by atoms with E-state index in [1.54, 1.807) is 10.8 Å². The van der Waals surface area contributed by atoms with Gasteiger partial charge in [-0.2, -0.15) is 0 Å². The summed E-state index contributed by atoms with van der Waals surface area (Å²) in [7, 11) is -5.66. The van der Waals surface area contributed by atoms with Crippen molar-refractivity contribution in [1.29, 1.82) is 0 Å². The molecular weight excluding hydrogens is 590 g/mol. The van der Waals surface area contributed by atoms with E-state index in [9.17, 15) is 16.8 Å². The smallest absolute Gasteiger partial charge is 0.242 e. The van der Waals surface area contributed by atoms with Crippen LogP contribution in [-0.2, 0) is 19.9 Å². The Morgan fingerprint density at radius 2 is 1.75 bits per heavy atom. The number of hydrogen-bond donors (Lipinski definition) is 1. The monoisotopic (exact) mass is 612 g/mol. The van der Waals surface area contributed by atoms with Crippen LogP contribution >= 0.6 is 27.5 Å². The zero-order valence-electron chi connectivity index (χ0n) is 19.5. The first-order chi connectivity index (χ1) is 17.0. The first-order valence-electron chi connectivity index (χ1n) is 10.8. The number of nitrogens with one attached hydrogen (secondary N) is 1. The molecule has 1 N–H and O–H groups in total. The molecule has 0 aliphatic heterocycles. The summed E-state index contributed by atoms with van der Waals surface area (Å²) in [5, 5.41) is 8.33. The van der Waals surface area contributed by atoms with E-state index >= 15 is 0 Å². The Morgan fingerprint density at radius 1 is 1.08 bits per heavy atom. The SMILES string of the molecule is CN(CCCNc1cc(-c2ccccc2Cl)c[n+]2c(Br)cnn12)S(=O)(=O)c1ccc(S(C)(=O)=O)cc1. The van der Waals surface area contributed by atoms with Gasteiger partial charge in [0.15, 0.2) is 15.7 Å². The van der Waals surface area contributed by atoms with Crippen molar-refractivity contribution in [3.8, 4) is 11.1 Å². The van der Waals surface area contributed by atoms with Crippen molar-refractivity contribution in [3.05, 3.63) is 76.6 Å². The Hall–Kier alpha value is -2.51. The maximum atomic E-state index is 12.9. The lowest BCUT2D eigenvalue weighted by Gasteiger charge is -2.17. The summed E-state index contributed by atoms with van der Waals surface area (Å²) in [5.41, 5.74) is 1.76. The van der Waals surface area contributed by atoms with E-state index in [1.165, 1.54) is 35.6 Å². The molecule has 0 spiro atoms. The lowest BCUT2D eigenvalue weighted by atomic mass is 10.1. The molecule has 2 heterocycles. The normalized spacial score (nSPS) is 12.4. The van der Waals surface area contributed by atoms with E-state index in [2.05, 4.69) is 26.3 Å². The first-order valence-corrected chi connectivity index (χ1v) is 15.3. The molecule has 4 aromatic rings. The van der Waals surface area contributed by atoms with Crippen molar-refractivity contribution in [2.24, 2.45) is 0 Å². The van der Waals surface area contributed by atoms with E-state index in [-0.39, 0.29) is 16.3 Å². The fourth-order valence-electron chi connectivity index (χ4n) is 3.62. The van der Waals surface area contributed by atoms with Crippen LogP contribution < -0.4 is 9.83 Å². The van der Waals surface area contributed by atoms with E-state index in [4.69, 9.17) is 11.6 Å². The predicted molar refractivity (Wildman–Crippen MR) is 141 cm³/mol. The summed E-state index contributed by atoms with van der Waals surface area (Å²) in [6.45, 7) is 0.735. The molecule has 36 heavy (non-hydrogen) atoms. The van der Waals surface area contributed by atoms with Gasteiger partial charge in [-0.3, -0.25) is 0 Å². The maximum absolute atomic E-state index is 12.9. The van der Waals surface area contributed by atoms with Crippen LogP contribution in [0.15, 0.2) is 81.4 Å². The second-order valence-corrected chi connectivity index (χ2v) is 13.4. The van der Waals surface area contributed by atoms with Gasteiger partial charge in [-0.15, -0.1) is 4.52 Å². The van der Waals surface area contributed by atoms with Crippen molar-refractivity contribution in [3.63, 3.8) is 0 Å².